The van der Waals surface area contributed by atoms with Crippen molar-refractivity contribution in [3.8, 4) is 11.5 Å². The maximum atomic E-state index is 13.0. The second-order valence-electron chi connectivity index (χ2n) is 5.73. The molecule has 0 saturated carbocycles. The molecule has 2 aromatic carbocycles. The van der Waals surface area contributed by atoms with Crippen LogP contribution >= 0.6 is 15.9 Å². The molecule has 0 fully saturated rings. The third kappa shape index (κ3) is 4.94. The van der Waals surface area contributed by atoms with Crippen molar-refractivity contribution >= 4 is 21.9 Å². The molecule has 3 rings (SSSR count). The van der Waals surface area contributed by atoms with Gasteiger partial charge in [-0.15, -0.1) is 0 Å². The van der Waals surface area contributed by atoms with E-state index in [1.807, 2.05) is 19.1 Å². The molecule has 0 saturated heterocycles. The van der Waals surface area contributed by atoms with Crippen LogP contribution in [0.5, 0.6) is 11.5 Å². The molecule has 0 radical (unpaired) electrons. The SMILES string of the molecule is CCOc1cc(CNc2nnnn2C)cc(Br)c1OCc1ccc(F)cc1. The zero-order valence-corrected chi connectivity index (χ0v) is 16.5. The Kier molecular flexibility index (Phi) is 6.23. The highest BCUT2D eigenvalue weighted by molar-refractivity contribution is 9.10. The smallest absolute Gasteiger partial charge is 0.242 e. The van der Waals surface area contributed by atoms with E-state index in [1.54, 1.807) is 23.9 Å². The molecule has 1 aromatic heterocycles. The third-order valence-electron chi connectivity index (χ3n) is 3.74. The van der Waals surface area contributed by atoms with Crippen molar-refractivity contribution in [3.05, 3.63) is 57.8 Å². The molecule has 27 heavy (non-hydrogen) atoms. The summed E-state index contributed by atoms with van der Waals surface area (Å²) in [6.45, 7) is 3.24. The van der Waals surface area contributed by atoms with Crippen LogP contribution in [0.3, 0.4) is 0 Å². The molecule has 142 valence electrons. The largest absolute Gasteiger partial charge is 0.490 e. The summed E-state index contributed by atoms with van der Waals surface area (Å²) in [5, 5.41) is 14.4. The topological polar surface area (TPSA) is 74.1 Å². The number of hydrogen-bond donors (Lipinski definition) is 1. The zero-order valence-electron chi connectivity index (χ0n) is 14.9. The number of halogens is 2. The van der Waals surface area contributed by atoms with Gasteiger partial charge in [-0.05, 0) is 68.7 Å². The summed E-state index contributed by atoms with van der Waals surface area (Å²) in [6, 6.07) is 10.1. The number of nitrogens with one attached hydrogen (secondary N) is 1. The predicted octanol–water partition coefficient (Wildman–Crippen LogP) is 3.70. The fraction of sp³-hybridized carbons (Fsp3) is 0.278. The molecule has 9 heteroatoms. The number of rotatable bonds is 8. The fourth-order valence-electron chi connectivity index (χ4n) is 2.42. The Morgan fingerprint density at radius 3 is 2.59 bits per heavy atom. The van der Waals surface area contributed by atoms with Crippen LogP contribution in [-0.2, 0) is 20.2 Å². The van der Waals surface area contributed by atoms with Crippen LogP contribution < -0.4 is 14.8 Å². The van der Waals surface area contributed by atoms with E-state index in [2.05, 4.69) is 36.8 Å². The van der Waals surface area contributed by atoms with Gasteiger partial charge in [0.15, 0.2) is 11.5 Å². The van der Waals surface area contributed by atoms with Crippen molar-refractivity contribution in [2.45, 2.75) is 20.1 Å². The maximum absolute atomic E-state index is 13.0. The third-order valence-corrected chi connectivity index (χ3v) is 4.33. The van der Waals surface area contributed by atoms with Crippen molar-refractivity contribution in [2.24, 2.45) is 7.05 Å². The van der Waals surface area contributed by atoms with Gasteiger partial charge >= 0.3 is 0 Å². The normalized spacial score (nSPS) is 10.7. The minimum Gasteiger partial charge on any atom is -0.490 e. The Balaban J connectivity index is 1.74. The number of nitrogens with zero attached hydrogens (tertiary/aromatic N) is 4. The average Bonchev–Trinajstić information content (AvgIpc) is 3.06. The quantitative estimate of drug-likeness (QED) is 0.581. The molecule has 7 nitrogen and oxygen atoms in total. The number of benzene rings is 2. The zero-order chi connectivity index (χ0) is 19.2. The molecule has 0 aliphatic carbocycles. The Hall–Kier alpha value is -2.68. The van der Waals surface area contributed by atoms with Gasteiger partial charge in [0.1, 0.15) is 12.4 Å². The van der Waals surface area contributed by atoms with Gasteiger partial charge < -0.3 is 14.8 Å². The van der Waals surface area contributed by atoms with Gasteiger partial charge in [0.05, 0.1) is 11.1 Å². The van der Waals surface area contributed by atoms with Gasteiger partial charge in [0, 0.05) is 13.6 Å². The molecule has 0 spiro atoms. The van der Waals surface area contributed by atoms with E-state index < -0.39 is 0 Å². The van der Waals surface area contributed by atoms with Crippen LogP contribution in [0.25, 0.3) is 0 Å². The van der Waals surface area contributed by atoms with Gasteiger partial charge in [0.25, 0.3) is 0 Å². The number of aromatic nitrogens is 4. The summed E-state index contributed by atoms with van der Waals surface area (Å²) >= 11 is 3.55. The van der Waals surface area contributed by atoms with Crippen molar-refractivity contribution in [2.75, 3.05) is 11.9 Å². The Morgan fingerprint density at radius 1 is 1.15 bits per heavy atom. The summed E-state index contributed by atoms with van der Waals surface area (Å²) in [6.07, 6.45) is 0. The van der Waals surface area contributed by atoms with E-state index >= 15 is 0 Å². The summed E-state index contributed by atoms with van der Waals surface area (Å²) in [7, 11) is 1.76. The lowest BCUT2D eigenvalue weighted by molar-refractivity contribution is 0.267. The van der Waals surface area contributed by atoms with E-state index in [0.29, 0.717) is 37.2 Å². The molecule has 0 aliphatic heterocycles. The number of hydrogen-bond acceptors (Lipinski definition) is 6. The molecule has 3 aromatic rings. The first-order valence-electron chi connectivity index (χ1n) is 8.35. The predicted molar refractivity (Wildman–Crippen MR) is 102 cm³/mol. The molecule has 0 unspecified atom stereocenters. The van der Waals surface area contributed by atoms with Crippen molar-refractivity contribution < 1.29 is 13.9 Å². The molecular formula is C18H19BrFN5O2. The lowest BCUT2D eigenvalue weighted by Crippen LogP contribution is -2.07. The number of aryl methyl sites for hydroxylation is 1. The first kappa shape index (κ1) is 19.1. The molecule has 0 atom stereocenters. The minimum atomic E-state index is -0.273. The maximum Gasteiger partial charge on any atom is 0.242 e. The number of ether oxygens (including phenoxy) is 2. The second-order valence-corrected chi connectivity index (χ2v) is 6.59. The van der Waals surface area contributed by atoms with E-state index in [-0.39, 0.29) is 5.82 Å². The van der Waals surface area contributed by atoms with E-state index in [0.717, 1.165) is 15.6 Å². The lowest BCUT2D eigenvalue weighted by Gasteiger charge is -2.16. The van der Waals surface area contributed by atoms with Gasteiger partial charge in [-0.3, -0.25) is 0 Å². The van der Waals surface area contributed by atoms with E-state index in [9.17, 15) is 4.39 Å². The fourth-order valence-corrected chi connectivity index (χ4v) is 3.03. The van der Waals surface area contributed by atoms with Gasteiger partial charge in [-0.2, -0.15) is 0 Å². The first-order chi connectivity index (χ1) is 13.1. The average molecular weight is 436 g/mol. The standard InChI is InChI=1S/C18H19BrFN5O2/c1-3-26-16-9-13(10-21-18-22-23-24-25(18)2)8-15(19)17(16)27-11-12-4-6-14(20)7-5-12/h4-9H,3,10-11H2,1-2H3,(H,21,22,24). The van der Waals surface area contributed by atoms with Crippen molar-refractivity contribution in [3.63, 3.8) is 0 Å². The van der Waals surface area contributed by atoms with Crippen LogP contribution in [0.1, 0.15) is 18.1 Å². The highest BCUT2D eigenvalue weighted by atomic mass is 79.9. The second kappa shape index (κ2) is 8.81. The minimum absolute atomic E-state index is 0.273. The molecule has 1 N–H and O–H groups in total. The van der Waals surface area contributed by atoms with Crippen molar-refractivity contribution in [1.29, 1.82) is 0 Å². The van der Waals surface area contributed by atoms with Crippen molar-refractivity contribution in [1.82, 2.24) is 20.2 Å². The van der Waals surface area contributed by atoms with E-state index in [1.165, 1.54) is 12.1 Å². The summed E-state index contributed by atoms with van der Waals surface area (Å²) < 4.78 is 27.0. The molecular weight excluding hydrogens is 417 g/mol. The Bertz CT molecular complexity index is 901. The Morgan fingerprint density at radius 2 is 1.93 bits per heavy atom. The Labute approximate surface area is 164 Å². The monoisotopic (exact) mass is 435 g/mol. The first-order valence-corrected chi connectivity index (χ1v) is 9.14. The summed E-state index contributed by atoms with van der Waals surface area (Å²) in [4.78, 5) is 0. The molecule has 0 aliphatic rings. The molecule has 0 amide bonds. The highest BCUT2D eigenvalue weighted by Crippen LogP contribution is 2.37. The van der Waals surface area contributed by atoms with Gasteiger partial charge in [0.2, 0.25) is 5.95 Å². The molecule has 0 bridgehead atoms. The van der Waals surface area contributed by atoms with Crippen LogP contribution in [0.15, 0.2) is 40.9 Å². The number of anilines is 1. The van der Waals surface area contributed by atoms with Crippen LogP contribution in [0.2, 0.25) is 0 Å². The van der Waals surface area contributed by atoms with Crippen LogP contribution in [0, 0.1) is 5.82 Å². The van der Waals surface area contributed by atoms with E-state index in [4.69, 9.17) is 9.47 Å². The molecule has 1 heterocycles. The van der Waals surface area contributed by atoms with Gasteiger partial charge in [-0.1, -0.05) is 17.2 Å². The summed E-state index contributed by atoms with van der Waals surface area (Å²) in [5.41, 5.74) is 1.84. The van der Waals surface area contributed by atoms with Crippen LogP contribution in [-0.4, -0.2) is 26.8 Å². The summed E-state index contributed by atoms with van der Waals surface area (Å²) in [5.74, 6) is 1.53. The van der Waals surface area contributed by atoms with Gasteiger partial charge in [-0.25, -0.2) is 9.07 Å². The lowest BCUT2D eigenvalue weighted by atomic mass is 10.2. The number of tetrazole rings is 1. The highest BCUT2D eigenvalue weighted by Gasteiger charge is 2.13. The van der Waals surface area contributed by atoms with Crippen LogP contribution in [0.4, 0.5) is 10.3 Å².